The fourth-order valence-corrected chi connectivity index (χ4v) is 4.03. The Morgan fingerprint density at radius 1 is 1.04 bits per heavy atom. The van der Waals surface area contributed by atoms with Gasteiger partial charge in [-0.3, -0.25) is 0 Å². The number of aromatic nitrogens is 6. The van der Waals surface area contributed by atoms with Crippen LogP contribution in [0.25, 0.3) is 5.69 Å². The van der Waals surface area contributed by atoms with Crippen molar-refractivity contribution < 1.29 is 0 Å². The number of aryl methyl sites for hydroxylation is 1. The van der Waals surface area contributed by atoms with Crippen LogP contribution in [0, 0.1) is 6.92 Å². The van der Waals surface area contributed by atoms with Gasteiger partial charge in [0.15, 0.2) is 10.2 Å². The molecule has 0 spiro atoms. The van der Waals surface area contributed by atoms with E-state index in [9.17, 15) is 0 Å². The number of para-hydroxylation sites is 1. The Morgan fingerprint density at radius 3 is 2.77 bits per heavy atom. The highest BCUT2D eigenvalue weighted by Crippen LogP contribution is 2.29. The maximum atomic E-state index is 4.23. The SMILES string of the molecule is Cc1cccc(Nc2nnc(SCc3nnnn3-c3ccccc3)s2)c1. The maximum Gasteiger partial charge on any atom is 0.210 e. The Hall–Kier alpha value is -2.78. The molecular formula is C17H15N7S2. The van der Waals surface area contributed by atoms with Gasteiger partial charge in [0.25, 0.3) is 0 Å². The third-order valence-electron chi connectivity index (χ3n) is 3.54. The van der Waals surface area contributed by atoms with Gasteiger partial charge in [-0.25, -0.2) is 0 Å². The fourth-order valence-electron chi connectivity index (χ4n) is 2.36. The zero-order chi connectivity index (χ0) is 17.8. The molecule has 1 N–H and O–H groups in total. The molecule has 2 heterocycles. The lowest BCUT2D eigenvalue weighted by Gasteiger charge is -2.03. The number of nitrogens with zero attached hydrogens (tertiary/aromatic N) is 6. The van der Waals surface area contributed by atoms with Crippen LogP contribution in [-0.4, -0.2) is 30.4 Å². The molecular weight excluding hydrogens is 366 g/mol. The summed E-state index contributed by atoms with van der Waals surface area (Å²) in [4.78, 5) is 0. The first-order valence-corrected chi connectivity index (χ1v) is 9.71. The van der Waals surface area contributed by atoms with Crippen LogP contribution in [0.1, 0.15) is 11.4 Å². The second kappa shape index (κ2) is 7.63. The molecule has 0 radical (unpaired) electrons. The summed E-state index contributed by atoms with van der Waals surface area (Å²) in [5, 5.41) is 24.4. The third-order valence-corrected chi connectivity index (χ3v) is 5.50. The number of benzene rings is 2. The van der Waals surface area contributed by atoms with Crippen molar-refractivity contribution in [2.24, 2.45) is 0 Å². The first kappa shape index (κ1) is 16.7. The highest BCUT2D eigenvalue weighted by Gasteiger charge is 2.11. The van der Waals surface area contributed by atoms with Crippen LogP contribution in [0.2, 0.25) is 0 Å². The molecule has 0 saturated heterocycles. The number of anilines is 2. The summed E-state index contributed by atoms with van der Waals surface area (Å²) in [6.45, 7) is 2.06. The minimum atomic E-state index is 0.612. The van der Waals surface area contributed by atoms with Crippen molar-refractivity contribution in [1.82, 2.24) is 30.4 Å². The number of hydrogen-bond acceptors (Lipinski definition) is 8. The van der Waals surface area contributed by atoms with Crippen molar-refractivity contribution in [2.45, 2.75) is 17.0 Å². The van der Waals surface area contributed by atoms with E-state index in [1.54, 1.807) is 16.4 Å². The van der Waals surface area contributed by atoms with Gasteiger partial charge in [0.2, 0.25) is 5.13 Å². The standard InChI is InChI=1S/C17H15N7S2/c1-12-6-5-7-13(10-12)18-16-20-21-17(26-16)25-11-15-19-22-23-24(15)14-8-3-2-4-9-14/h2-10H,11H2,1H3,(H,18,20). The highest BCUT2D eigenvalue weighted by atomic mass is 32.2. The van der Waals surface area contributed by atoms with E-state index >= 15 is 0 Å². The van der Waals surface area contributed by atoms with Crippen LogP contribution in [0.5, 0.6) is 0 Å². The van der Waals surface area contributed by atoms with E-state index in [-0.39, 0.29) is 0 Å². The summed E-state index contributed by atoms with van der Waals surface area (Å²) >= 11 is 3.07. The number of hydrogen-bond donors (Lipinski definition) is 1. The Kier molecular flexibility index (Phi) is 4.89. The molecule has 0 amide bonds. The average Bonchev–Trinajstić information content (AvgIpc) is 3.30. The molecule has 9 heteroatoms. The molecule has 4 aromatic rings. The van der Waals surface area contributed by atoms with Crippen LogP contribution in [0.4, 0.5) is 10.8 Å². The van der Waals surface area contributed by atoms with Gasteiger partial charge in [0.1, 0.15) is 0 Å². The van der Waals surface area contributed by atoms with Crippen molar-refractivity contribution in [1.29, 1.82) is 0 Å². The molecule has 0 bridgehead atoms. The quantitative estimate of drug-likeness (QED) is 0.508. The predicted octanol–water partition coefficient (Wildman–Crippen LogP) is 3.86. The Balaban J connectivity index is 1.42. The van der Waals surface area contributed by atoms with Gasteiger partial charge in [-0.05, 0) is 47.2 Å². The molecule has 0 aliphatic rings. The average molecular weight is 381 g/mol. The number of rotatable bonds is 6. The van der Waals surface area contributed by atoms with Crippen LogP contribution in [-0.2, 0) is 5.75 Å². The molecule has 0 unspecified atom stereocenters. The topological polar surface area (TPSA) is 81.4 Å². The largest absolute Gasteiger partial charge is 0.330 e. The van der Waals surface area contributed by atoms with Crippen molar-refractivity contribution in [3.63, 3.8) is 0 Å². The molecule has 2 aromatic carbocycles. The van der Waals surface area contributed by atoms with Crippen LogP contribution >= 0.6 is 23.1 Å². The third kappa shape index (κ3) is 3.89. The first-order chi connectivity index (χ1) is 12.8. The summed E-state index contributed by atoms with van der Waals surface area (Å²) in [5.41, 5.74) is 3.14. The van der Waals surface area contributed by atoms with Gasteiger partial charge in [0, 0.05) is 5.69 Å². The Bertz CT molecular complexity index is 997. The van der Waals surface area contributed by atoms with E-state index in [1.165, 1.54) is 16.9 Å². The number of thioether (sulfide) groups is 1. The molecule has 0 fully saturated rings. The van der Waals surface area contributed by atoms with Crippen molar-refractivity contribution in [3.8, 4) is 5.69 Å². The lowest BCUT2D eigenvalue weighted by molar-refractivity contribution is 0.777. The molecule has 2 aromatic heterocycles. The van der Waals surface area contributed by atoms with Crippen LogP contribution in [0.15, 0.2) is 58.9 Å². The lowest BCUT2D eigenvalue weighted by Crippen LogP contribution is -2.01. The summed E-state index contributed by atoms with van der Waals surface area (Å²) in [6.07, 6.45) is 0. The van der Waals surface area contributed by atoms with Gasteiger partial charge in [-0.2, -0.15) is 4.68 Å². The van der Waals surface area contributed by atoms with Gasteiger partial charge >= 0.3 is 0 Å². The predicted molar refractivity (Wildman–Crippen MR) is 103 cm³/mol. The monoisotopic (exact) mass is 381 g/mol. The molecule has 4 rings (SSSR count). The minimum Gasteiger partial charge on any atom is -0.330 e. The number of tetrazole rings is 1. The molecule has 130 valence electrons. The molecule has 0 atom stereocenters. The molecule has 0 saturated carbocycles. The van der Waals surface area contributed by atoms with E-state index in [4.69, 9.17) is 0 Å². The Morgan fingerprint density at radius 2 is 1.92 bits per heavy atom. The summed E-state index contributed by atoms with van der Waals surface area (Å²) in [7, 11) is 0. The van der Waals surface area contributed by atoms with Crippen LogP contribution in [0.3, 0.4) is 0 Å². The van der Waals surface area contributed by atoms with Gasteiger partial charge in [-0.15, -0.1) is 15.3 Å². The van der Waals surface area contributed by atoms with E-state index in [1.807, 2.05) is 42.5 Å². The van der Waals surface area contributed by atoms with E-state index in [2.05, 4.69) is 50.1 Å². The van der Waals surface area contributed by atoms with Crippen molar-refractivity contribution in [3.05, 3.63) is 66.0 Å². The molecule has 0 aliphatic heterocycles. The lowest BCUT2D eigenvalue weighted by atomic mass is 10.2. The smallest absolute Gasteiger partial charge is 0.210 e. The maximum absolute atomic E-state index is 4.23. The normalized spacial score (nSPS) is 10.8. The molecule has 0 aliphatic carbocycles. The van der Waals surface area contributed by atoms with E-state index in [0.717, 1.165) is 26.7 Å². The van der Waals surface area contributed by atoms with E-state index < -0.39 is 0 Å². The summed E-state index contributed by atoms with van der Waals surface area (Å²) < 4.78 is 2.60. The van der Waals surface area contributed by atoms with Crippen molar-refractivity contribution in [2.75, 3.05) is 5.32 Å². The van der Waals surface area contributed by atoms with Crippen molar-refractivity contribution >= 4 is 33.9 Å². The van der Waals surface area contributed by atoms with Crippen LogP contribution < -0.4 is 5.32 Å². The first-order valence-electron chi connectivity index (χ1n) is 7.90. The highest BCUT2D eigenvalue weighted by molar-refractivity contribution is 8.00. The summed E-state index contributed by atoms with van der Waals surface area (Å²) in [5.74, 6) is 1.38. The van der Waals surface area contributed by atoms with Gasteiger partial charge in [-0.1, -0.05) is 53.4 Å². The fraction of sp³-hybridized carbons (Fsp3) is 0.118. The van der Waals surface area contributed by atoms with E-state index in [0.29, 0.717) is 5.75 Å². The zero-order valence-corrected chi connectivity index (χ0v) is 15.5. The Labute approximate surface area is 158 Å². The molecule has 26 heavy (non-hydrogen) atoms. The van der Waals surface area contributed by atoms with Gasteiger partial charge < -0.3 is 5.32 Å². The summed E-state index contributed by atoms with van der Waals surface area (Å²) in [6, 6.07) is 18.0. The van der Waals surface area contributed by atoms with Gasteiger partial charge in [0.05, 0.1) is 11.4 Å². The minimum absolute atomic E-state index is 0.612. The second-order valence-corrected chi connectivity index (χ2v) is 7.70. The number of nitrogens with one attached hydrogen (secondary N) is 1. The second-order valence-electron chi connectivity index (χ2n) is 5.50. The zero-order valence-electron chi connectivity index (χ0n) is 13.9. The molecule has 7 nitrogen and oxygen atoms in total.